The summed E-state index contributed by atoms with van der Waals surface area (Å²) in [5, 5.41) is 1.93. The number of thiophene rings is 1. The van der Waals surface area contributed by atoms with Crippen LogP contribution in [-0.2, 0) is 9.47 Å². The average Bonchev–Trinajstić information content (AvgIpc) is 3.01. The quantitative estimate of drug-likeness (QED) is 0.554. The Morgan fingerprint density at radius 1 is 1.59 bits per heavy atom. The third-order valence-electron chi connectivity index (χ3n) is 2.87. The second-order valence-corrected chi connectivity index (χ2v) is 5.26. The van der Waals surface area contributed by atoms with Crippen molar-refractivity contribution >= 4 is 17.1 Å². The number of rotatable bonds is 7. The van der Waals surface area contributed by atoms with Gasteiger partial charge < -0.3 is 9.47 Å². The summed E-state index contributed by atoms with van der Waals surface area (Å²) < 4.78 is 10.8. The molecule has 1 aromatic rings. The standard InChI is InChI=1S/C13H18O3S/c14-12(13-4-2-8-17-13)3-1-6-15-9-11-5-7-16-10-11/h2,4,8,11H,1,3,5-7,9-10H2. The molecule has 1 unspecified atom stereocenters. The van der Waals surface area contributed by atoms with Crippen molar-refractivity contribution in [3.63, 3.8) is 0 Å². The lowest BCUT2D eigenvalue weighted by molar-refractivity contribution is 0.0816. The molecule has 4 heteroatoms. The van der Waals surface area contributed by atoms with Crippen LogP contribution in [0.1, 0.15) is 28.9 Å². The highest BCUT2D eigenvalue weighted by atomic mass is 32.1. The summed E-state index contributed by atoms with van der Waals surface area (Å²) in [5.41, 5.74) is 0. The van der Waals surface area contributed by atoms with Crippen molar-refractivity contribution in [1.29, 1.82) is 0 Å². The van der Waals surface area contributed by atoms with Crippen LogP contribution in [-0.4, -0.2) is 32.2 Å². The lowest BCUT2D eigenvalue weighted by Crippen LogP contribution is -2.10. The third-order valence-corrected chi connectivity index (χ3v) is 3.78. The SMILES string of the molecule is O=C(CCCOCC1CCOC1)c1cccs1. The maximum Gasteiger partial charge on any atom is 0.172 e. The monoisotopic (exact) mass is 254 g/mol. The molecule has 1 aromatic heterocycles. The number of ketones is 1. The number of hydrogen-bond donors (Lipinski definition) is 0. The van der Waals surface area contributed by atoms with Crippen LogP contribution in [0, 0.1) is 5.92 Å². The lowest BCUT2D eigenvalue weighted by atomic mass is 10.1. The third kappa shape index (κ3) is 4.22. The summed E-state index contributed by atoms with van der Waals surface area (Å²) in [5.74, 6) is 0.788. The molecular weight excluding hydrogens is 236 g/mol. The van der Waals surface area contributed by atoms with Crippen molar-refractivity contribution in [1.82, 2.24) is 0 Å². The van der Waals surface area contributed by atoms with Crippen LogP contribution in [0.25, 0.3) is 0 Å². The minimum absolute atomic E-state index is 0.229. The van der Waals surface area contributed by atoms with Crippen molar-refractivity contribution in [2.45, 2.75) is 19.3 Å². The van der Waals surface area contributed by atoms with Crippen LogP contribution in [0.5, 0.6) is 0 Å². The molecule has 0 radical (unpaired) electrons. The predicted molar refractivity (Wildman–Crippen MR) is 67.6 cm³/mol. The average molecular weight is 254 g/mol. The van der Waals surface area contributed by atoms with Gasteiger partial charge in [-0.3, -0.25) is 4.79 Å². The van der Waals surface area contributed by atoms with E-state index in [9.17, 15) is 4.79 Å². The van der Waals surface area contributed by atoms with E-state index in [1.807, 2.05) is 17.5 Å². The molecule has 1 saturated heterocycles. The smallest absolute Gasteiger partial charge is 0.172 e. The zero-order valence-corrected chi connectivity index (χ0v) is 10.7. The summed E-state index contributed by atoms with van der Waals surface area (Å²) >= 11 is 1.51. The molecule has 0 spiro atoms. The molecule has 0 N–H and O–H groups in total. The first-order valence-corrected chi connectivity index (χ1v) is 6.96. The van der Waals surface area contributed by atoms with E-state index in [0.717, 1.165) is 37.5 Å². The van der Waals surface area contributed by atoms with Gasteiger partial charge in [-0.25, -0.2) is 0 Å². The molecule has 0 bridgehead atoms. The van der Waals surface area contributed by atoms with Crippen molar-refractivity contribution in [2.75, 3.05) is 26.4 Å². The molecule has 3 nitrogen and oxygen atoms in total. The number of carbonyl (C=O) groups excluding carboxylic acids is 1. The molecule has 2 rings (SSSR count). The topological polar surface area (TPSA) is 35.5 Å². The van der Waals surface area contributed by atoms with Crippen molar-refractivity contribution in [3.05, 3.63) is 22.4 Å². The number of hydrogen-bond acceptors (Lipinski definition) is 4. The fourth-order valence-electron chi connectivity index (χ4n) is 1.86. The first-order chi connectivity index (χ1) is 8.36. The maximum absolute atomic E-state index is 11.7. The Hall–Kier alpha value is -0.710. The Kier molecular flexibility index (Phi) is 5.16. The van der Waals surface area contributed by atoms with Gasteiger partial charge in [-0.1, -0.05) is 6.07 Å². The fourth-order valence-corrected chi connectivity index (χ4v) is 2.55. The Balaban J connectivity index is 1.52. The van der Waals surface area contributed by atoms with Gasteiger partial charge in [0, 0.05) is 25.6 Å². The zero-order valence-electron chi connectivity index (χ0n) is 9.89. The second-order valence-electron chi connectivity index (χ2n) is 4.31. The van der Waals surface area contributed by atoms with Crippen LogP contribution in [0.4, 0.5) is 0 Å². The van der Waals surface area contributed by atoms with Crippen LogP contribution < -0.4 is 0 Å². The Bertz CT molecular complexity index is 328. The largest absolute Gasteiger partial charge is 0.381 e. The first kappa shape index (κ1) is 12.7. The van der Waals surface area contributed by atoms with E-state index in [1.165, 1.54) is 11.3 Å². The number of ether oxygens (including phenoxy) is 2. The van der Waals surface area contributed by atoms with Crippen LogP contribution in [0.15, 0.2) is 17.5 Å². The summed E-state index contributed by atoms with van der Waals surface area (Å²) in [6, 6.07) is 3.79. The van der Waals surface area contributed by atoms with Crippen LogP contribution in [0.2, 0.25) is 0 Å². The highest BCUT2D eigenvalue weighted by molar-refractivity contribution is 7.12. The van der Waals surface area contributed by atoms with E-state index < -0.39 is 0 Å². The molecule has 0 aromatic carbocycles. The van der Waals surface area contributed by atoms with Gasteiger partial charge >= 0.3 is 0 Å². The molecule has 0 saturated carbocycles. The minimum Gasteiger partial charge on any atom is -0.381 e. The van der Waals surface area contributed by atoms with Crippen molar-refractivity contribution < 1.29 is 14.3 Å². The van der Waals surface area contributed by atoms with E-state index in [4.69, 9.17) is 9.47 Å². The van der Waals surface area contributed by atoms with Gasteiger partial charge in [-0.15, -0.1) is 11.3 Å². The molecular formula is C13H18O3S. The number of Topliss-reactive ketones (excluding diaryl/α,β-unsaturated/α-hetero) is 1. The highest BCUT2D eigenvalue weighted by Crippen LogP contribution is 2.14. The molecule has 2 heterocycles. The molecule has 1 aliphatic rings. The number of carbonyl (C=O) groups is 1. The molecule has 0 amide bonds. The van der Waals surface area contributed by atoms with Gasteiger partial charge in [0.25, 0.3) is 0 Å². The molecule has 94 valence electrons. The predicted octanol–water partition coefficient (Wildman–Crippen LogP) is 2.76. The lowest BCUT2D eigenvalue weighted by Gasteiger charge is -2.07. The van der Waals surface area contributed by atoms with E-state index in [0.29, 0.717) is 18.9 Å². The normalized spacial score (nSPS) is 19.6. The highest BCUT2D eigenvalue weighted by Gasteiger charge is 2.15. The Morgan fingerprint density at radius 3 is 3.24 bits per heavy atom. The molecule has 0 aliphatic carbocycles. The van der Waals surface area contributed by atoms with E-state index in [-0.39, 0.29) is 5.78 Å². The summed E-state index contributed by atoms with van der Waals surface area (Å²) in [4.78, 5) is 12.5. The van der Waals surface area contributed by atoms with Gasteiger partial charge in [-0.2, -0.15) is 0 Å². The van der Waals surface area contributed by atoms with E-state index >= 15 is 0 Å². The van der Waals surface area contributed by atoms with Gasteiger partial charge in [0.15, 0.2) is 5.78 Å². The molecule has 17 heavy (non-hydrogen) atoms. The van der Waals surface area contributed by atoms with Gasteiger partial charge in [0.2, 0.25) is 0 Å². The molecule has 1 aliphatic heterocycles. The Labute approximate surface area is 106 Å². The van der Waals surface area contributed by atoms with Crippen LogP contribution >= 0.6 is 11.3 Å². The second kappa shape index (κ2) is 6.89. The molecule has 1 fully saturated rings. The van der Waals surface area contributed by atoms with Gasteiger partial charge in [0.05, 0.1) is 18.1 Å². The van der Waals surface area contributed by atoms with E-state index in [2.05, 4.69) is 0 Å². The zero-order chi connectivity index (χ0) is 11.9. The van der Waals surface area contributed by atoms with Gasteiger partial charge in [0.1, 0.15) is 0 Å². The van der Waals surface area contributed by atoms with Crippen LogP contribution in [0.3, 0.4) is 0 Å². The molecule has 1 atom stereocenters. The summed E-state index contributed by atoms with van der Waals surface area (Å²) in [6.45, 7) is 3.14. The first-order valence-electron chi connectivity index (χ1n) is 6.08. The van der Waals surface area contributed by atoms with Crippen molar-refractivity contribution in [2.24, 2.45) is 5.92 Å². The van der Waals surface area contributed by atoms with E-state index in [1.54, 1.807) is 0 Å². The minimum atomic E-state index is 0.229. The summed E-state index contributed by atoms with van der Waals surface area (Å²) in [7, 11) is 0. The summed E-state index contributed by atoms with van der Waals surface area (Å²) in [6.07, 6.45) is 2.50. The fraction of sp³-hybridized carbons (Fsp3) is 0.615. The maximum atomic E-state index is 11.7. The van der Waals surface area contributed by atoms with Crippen molar-refractivity contribution in [3.8, 4) is 0 Å². The Morgan fingerprint density at radius 2 is 2.53 bits per heavy atom. The van der Waals surface area contributed by atoms with Gasteiger partial charge in [-0.05, 0) is 24.3 Å².